The third kappa shape index (κ3) is 3.18. The van der Waals surface area contributed by atoms with Gasteiger partial charge in [-0.05, 0) is 103 Å². The number of carbonyl (C=O) groups is 2. The maximum Gasteiger partial charge on any atom is 0.145 e. The van der Waals surface area contributed by atoms with Gasteiger partial charge in [-0.2, -0.15) is 0 Å². The molecule has 2 saturated carbocycles. The molecule has 176 valence electrons. The summed E-state index contributed by atoms with van der Waals surface area (Å²) in [6.07, 6.45) is 16.9. The third-order valence-corrected chi connectivity index (χ3v) is 11.0. The summed E-state index contributed by atoms with van der Waals surface area (Å²) in [4.78, 5) is 23.7. The molecule has 0 N–H and O–H groups in total. The molecule has 4 aliphatic carbocycles. The highest BCUT2D eigenvalue weighted by Crippen LogP contribution is 2.71. The standard InChI is InChI=1S/C30H44O2/c1-20(19-31)9-8-10-21(2)22-13-17-30(7)24-11-12-25-27(3,4)26(32)15-16-28(25,5)23(24)14-18-29(22,30)6/h9,11,14,19,21-22,25H,8,10,12-13,15-18H2,1-7H3/b20-9+/t21-,22+,25-,28+,29+,30-/m0/s1. The SMILES string of the molecule is C/C(C=O)=C\CC[C@H](C)[C@H]1CC[C@@]2(C)C3=CC[C@H]4C(C)(C)C(=O)CC[C@]4(C)C3=CC[C@]12C. The zero-order valence-corrected chi connectivity index (χ0v) is 21.5. The van der Waals surface area contributed by atoms with Crippen molar-refractivity contribution in [3.05, 3.63) is 34.9 Å². The van der Waals surface area contributed by atoms with E-state index in [9.17, 15) is 9.59 Å². The maximum atomic E-state index is 12.8. The Kier molecular flexibility index (Phi) is 5.79. The number of ketones is 1. The van der Waals surface area contributed by atoms with Crippen LogP contribution in [0.3, 0.4) is 0 Å². The van der Waals surface area contributed by atoms with E-state index in [1.807, 2.05) is 6.92 Å². The summed E-state index contributed by atoms with van der Waals surface area (Å²) in [6, 6.07) is 0. The summed E-state index contributed by atoms with van der Waals surface area (Å²) in [5.41, 5.74) is 4.49. The normalized spacial score (nSPS) is 41.7. The molecule has 0 aromatic rings. The van der Waals surface area contributed by atoms with Crippen LogP contribution in [0.2, 0.25) is 0 Å². The second-order valence-electron chi connectivity index (χ2n) is 12.8. The minimum absolute atomic E-state index is 0.132. The van der Waals surface area contributed by atoms with Gasteiger partial charge in [0.1, 0.15) is 12.1 Å². The monoisotopic (exact) mass is 436 g/mol. The Morgan fingerprint density at radius 2 is 1.84 bits per heavy atom. The van der Waals surface area contributed by atoms with Crippen molar-refractivity contribution in [3.8, 4) is 0 Å². The topological polar surface area (TPSA) is 34.1 Å². The van der Waals surface area contributed by atoms with Gasteiger partial charge in [0.15, 0.2) is 0 Å². The van der Waals surface area contributed by atoms with Gasteiger partial charge in [0, 0.05) is 11.8 Å². The van der Waals surface area contributed by atoms with E-state index >= 15 is 0 Å². The fourth-order valence-electron chi connectivity index (χ4n) is 8.58. The van der Waals surface area contributed by atoms with Crippen LogP contribution in [-0.2, 0) is 9.59 Å². The number of rotatable bonds is 5. The van der Waals surface area contributed by atoms with Gasteiger partial charge in [-0.3, -0.25) is 9.59 Å². The molecule has 0 amide bonds. The quantitative estimate of drug-likeness (QED) is 0.328. The van der Waals surface area contributed by atoms with Crippen molar-refractivity contribution >= 4 is 12.1 Å². The molecular formula is C30H44O2. The Hall–Kier alpha value is -1.44. The van der Waals surface area contributed by atoms with Crippen molar-refractivity contribution in [1.29, 1.82) is 0 Å². The lowest BCUT2D eigenvalue weighted by Crippen LogP contribution is -2.53. The Bertz CT molecular complexity index is 902. The van der Waals surface area contributed by atoms with Gasteiger partial charge in [0.2, 0.25) is 0 Å². The molecule has 0 spiro atoms. The smallest absolute Gasteiger partial charge is 0.145 e. The first-order valence-corrected chi connectivity index (χ1v) is 13.0. The van der Waals surface area contributed by atoms with Gasteiger partial charge in [-0.1, -0.05) is 59.8 Å². The number of hydrogen-bond donors (Lipinski definition) is 0. The van der Waals surface area contributed by atoms with Crippen LogP contribution in [0.5, 0.6) is 0 Å². The molecule has 2 fully saturated rings. The van der Waals surface area contributed by atoms with E-state index in [0.717, 1.165) is 50.4 Å². The Labute approximate surface area is 196 Å². The van der Waals surface area contributed by atoms with E-state index in [4.69, 9.17) is 0 Å². The second kappa shape index (κ2) is 7.81. The minimum Gasteiger partial charge on any atom is -0.299 e. The lowest BCUT2D eigenvalue weighted by atomic mass is 9.44. The van der Waals surface area contributed by atoms with Crippen molar-refractivity contribution < 1.29 is 9.59 Å². The highest BCUT2D eigenvalue weighted by Gasteiger charge is 2.63. The molecule has 32 heavy (non-hydrogen) atoms. The molecule has 0 saturated heterocycles. The number of Topliss-reactive ketones (excluding diaryl/α,β-unsaturated/α-hetero) is 1. The molecule has 0 unspecified atom stereocenters. The Morgan fingerprint density at radius 3 is 2.53 bits per heavy atom. The van der Waals surface area contributed by atoms with Crippen molar-refractivity contribution in [2.24, 2.45) is 39.4 Å². The molecule has 0 aliphatic heterocycles. The van der Waals surface area contributed by atoms with Crippen molar-refractivity contribution in [1.82, 2.24) is 0 Å². The average Bonchev–Trinajstić information content (AvgIpc) is 3.02. The predicted molar refractivity (Wildman–Crippen MR) is 132 cm³/mol. The largest absolute Gasteiger partial charge is 0.299 e. The summed E-state index contributed by atoms with van der Waals surface area (Å²) < 4.78 is 0. The predicted octanol–water partition coefficient (Wildman–Crippen LogP) is 7.64. The Balaban J connectivity index is 1.64. The van der Waals surface area contributed by atoms with Crippen molar-refractivity contribution in [2.45, 2.75) is 99.8 Å². The van der Waals surface area contributed by atoms with Crippen LogP contribution in [0.4, 0.5) is 0 Å². The summed E-state index contributed by atoms with van der Waals surface area (Å²) in [7, 11) is 0. The molecule has 0 bridgehead atoms. The summed E-state index contributed by atoms with van der Waals surface area (Å²) >= 11 is 0. The first-order valence-electron chi connectivity index (χ1n) is 13.0. The molecule has 2 nitrogen and oxygen atoms in total. The van der Waals surface area contributed by atoms with E-state index in [-0.39, 0.29) is 21.7 Å². The molecule has 0 heterocycles. The number of fused-ring (bicyclic) bond motifs is 5. The van der Waals surface area contributed by atoms with Gasteiger partial charge in [-0.25, -0.2) is 0 Å². The van der Waals surface area contributed by atoms with Crippen LogP contribution in [0.1, 0.15) is 99.8 Å². The highest BCUT2D eigenvalue weighted by atomic mass is 16.1. The molecule has 0 aromatic carbocycles. The van der Waals surface area contributed by atoms with E-state index in [1.54, 1.807) is 11.1 Å². The zero-order valence-electron chi connectivity index (χ0n) is 21.5. The number of allylic oxidation sites excluding steroid dienone is 6. The van der Waals surface area contributed by atoms with Gasteiger partial charge in [-0.15, -0.1) is 0 Å². The molecule has 2 heteroatoms. The van der Waals surface area contributed by atoms with Crippen LogP contribution in [0.25, 0.3) is 0 Å². The fraction of sp³-hybridized carbons (Fsp3) is 0.733. The van der Waals surface area contributed by atoms with Crippen LogP contribution >= 0.6 is 0 Å². The maximum absolute atomic E-state index is 12.8. The van der Waals surface area contributed by atoms with E-state index in [0.29, 0.717) is 23.5 Å². The number of hydrogen-bond acceptors (Lipinski definition) is 2. The fourth-order valence-corrected chi connectivity index (χ4v) is 8.58. The van der Waals surface area contributed by atoms with Crippen LogP contribution in [0.15, 0.2) is 34.9 Å². The minimum atomic E-state index is -0.225. The number of carbonyl (C=O) groups excluding carboxylic acids is 2. The van der Waals surface area contributed by atoms with Gasteiger partial charge < -0.3 is 0 Å². The molecule has 6 atom stereocenters. The van der Waals surface area contributed by atoms with Gasteiger partial charge >= 0.3 is 0 Å². The lowest BCUT2D eigenvalue weighted by molar-refractivity contribution is -0.138. The first kappa shape index (κ1) is 23.7. The van der Waals surface area contributed by atoms with Gasteiger partial charge in [0.25, 0.3) is 0 Å². The van der Waals surface area contributed by atoms with Crippen molar-refractivity contribution in [2.75, 3.05) is 0 Å². The lowest BCUT2D eigenvalue weighted by Gasteiger charge is -2.59. The molecule has 0 radical (unpaired) electrons. The van der Waals surface area contributed by atoms with Gasteiger partial charge in [0.05, 0.1) is 0 Å². The zero-order chi connectivity index (χ0) is 23.5. The Morgan fingerprint density at radius 1 is 1.12 bits per heavy atom. The summed E-state index contributed by atoms with van der Waals surface area (Å²) in [5.74, 6) is 2.25. The molecule has 4 rings (SSSR count). The van der Waals surface area contributed by atoms with E-state index in [1.165, 1.54) is 12.8 Å². The summed E-state index contributed by atoms with van der Waals surface area (Å²) in [5, 5.41) is 0. The van der Waals surface area contributed by atoms with Crippen LogP contribution in [-0.4, -0.2) is 12.1 Å². The van der Waals surface area contributed by atoms with Crippen LogP contribution in [0, 0.1) is 39.4 Å². The van der Waals surface area contributed by atoms with E-state index < -0.39 is 0 Å². The molecular weight excluding hydrogens is 392 g/mol. The van der Waals surface area contributed by atoms with Crippen molar-refractivity contribution in [3.63, 3.8) is 0 Å². The third-order valence-electron chi connectivity index (χ3n) is 11.0. The molecule has 4 aliphatic rings. The number of aldehydes is 1. The van der Waals surface area contributed by atoms with Crippen LogP contribution < -0.4 is 0 Å². The average molecular weight is 437 g/mol. The molecule has 0 aromatic heterocycles. The second-order valence-corrected chi connectivity index (χ2v) is 12.8. The highest BCUT2D eigenvalue weighted by molar-refractivity contribution is 5.86. The summed E-state index contributed by atoms with van der Waals surface area (Å²) in [6.45, 7) is 16.3. The van der Waals surface area contributed by atoms with E-state index in [2.05, 4.69) is 59.8 Å². The first-order chi connectivity index (χ1) is 14.9.